The largest absolute Gasteiger partial charge is 0.437 e. The molecule has 0 bridgehead atoms. The lowest BCUT2D eigenvalue weighted by Gasteiger charge is -2.14. The molecule has 0 amide bonds. The summed E-state index contributed by atoms with van der Waals surface area (Å²) in [7, 11) is 0. The van der Waals surface area contributed by atoms with E-state index in [-0.39, 0.29) is 0 Å². The van der Waals surface area contributed by atoms with E-state index in [1.807, 2.05) is 30.3 Å². The number of oxazole rings is 1. The van der Waals surface area contributed by atoms with Crippen LogP contribution in [0.2, 0.25) is 0 Å². The monoisotopic (exact) mass is 211 g/mol. The van der Waals surface area contributed by atoms with E-state index in [9.17, 15) is 0 Å². The molecule has 16 heavy (non-hydrogen) atoms. The van der Waals surface area contributed by atoms with E-state index in [1.54, 1.807) is 6.20 Å². The van der Waals surface area contributed by atoms with Crippen molar-refractivity contribution >= 4 is 6.08 Å². The molecule has 0 saturated heterocycles. The minimum Gasteiger partial charge on any atom is -0.437 e. The van der Waals surface area contributed by atoms with Crippen LogP contribution in [0.1, 0.15) is 25.2 Å². The summed E-state index contributed by atoms with van der Waals surface area (Å²) in [6.07, 6.45) is 7.56. The lowest BCUT2D eigenvalue weighted by molar-refractivity contribution is 0.556. The molecule has 0 radical (unpaired) electrons. The maximum Gasteiger partial charge on any atom is 0.219 e. The summed E-state index contributed by atoms with van der Waals surface area (Å²) in [6, 6.07) is 10.1. The van der Waals surface area contributed by atoms with E-state index in [4.69, 9.17) is 4.42 Å². The number of allylic oxidation sites excluding steroid dienone is 1. The quantitative estimate of drug-likeness (QED) is 0.752. The second-order valence-corrected chi connectivity index (χ2v) is 4.08. The molecule has 1 aromatic heterocycles. The first-order valence-corrected chi connectivity index (χ1v) is 5.62. The second-order valence-electron chi connectivity index (χ2n) is 4.08. The molecule has 2 aromatic rings. The highest BCUT2D eigenvalue weighted by Crippen LogP contribution is 2.28. The van der Waals surface area contributed by atoms with Gasteiger partial charge in [-0.15, -0.1) is 0 Å². The number of benzene rings is 1. The van der Waals surface area contributed by atoms with Gasteiger partial charge in [0, 0.05) is 5.56 Å². The Morgan fingerprint density at radius 2 is 1.94 bits per heavy atom. The minimum atomic E-state index is 0.730. The first-order chi connectivity index (χ1) is 7.92. The van der Waals surface area contributed by atoms with E-state index < -0.39 is 0 Å². The van der Waals surface area contributed by atoms with Crippen molar-refractivity contribution < 1.29 is 4.42 Å². The molecular formula is C14H13NO. The van der Waals surface area contributed by atoms with Gasteiger partial charge in [-0.2, -0.15) is 0 Å². The molecule has 1 aliphatic carbocycles. The van der Waals surface area contributed by atoms with Gasteiger partial charge in [-0.1, -0.05) is 35.9 Å². The van der Waals surface area contributed by atoms with Crippen molar-refractivity contribution in [3.63, 3.8) is 0 Å². The van der Waals surface area contributed by atoms with E-state index in [0.29, 0.717) is 0 Å². The van der Waals surface area contributed by atoms with Crippen LogP contribution < -0.4 is 0 Å². The predicted octanol–water partition coefficient (Wildman–Crippen LogP) is 3.91. The number of aromatic nitrogens is 1. The lowest BCUT2D eigenvalue weighted by atomic mass is 9.92. The topological polar surface area (TPSA) is 26.0 Å². The Balaban J connectivity index is 1.88. The first-order valence-electron chi connectivity index (χ1n) is 5.62. The van der Waals surface area contributed by atoms with Gasteiger partial charge in [0.25, 0.3) is 0 Å². The van der Waals surface area contributed by atoms with Crippen LogP contribution in [-0.4, -0.2) is 4.98 Å². The summed E-state index contributed by atoms with van der Waals surface area (Å²) in [5.74, 6) is 1.57. The fourth-order valence-electron chi connectivity index (χ4n) is 1.79. The average molecular weight is 211 g/mol. The van der Waals surface area contributed by atoms with Crippen molar-refractivity contribution in [1.29, 1.82) is 0 Å². The molecule has 1 fully saturated rings. The van der Waals surface area contributed by atoms with Crippen LogP contribution in [0.3, 0.4) is 0 Å². The van der Waals surface area contributed by atoms with Crippen LogP contribution >= 0.6 is 0 Å². The van der Waals surface area contributed by atoms with Gasteiger partial charge < -0.3 is 4.42 Å². The van der Waals surface area contributed by atoms with Crippen molar-refractivity contribution in [2.24, 2.45) is 0 Å². The number of rotatable bonds is 2. The Hall–Kier alpha value is -1.83. The van der Waals surface area contributed by atoms with Crippen LogP contribution in [0.15, 0.2) is 46.5 Å². The molecule has 3 rings (SSSR count). The molecule has 0 unspecified atom stereocenters. The zero-order chi connectivity index (χ0) is 10.8. The summed E-state index contributed by atoms with van der Waals surface area (Å²) >= 11 is 0. The molecule has 0 spiro atoms. The zero-order valence-electron chi connectivity index (χ0n) is 9.02. The number of hydrogen-bond donors (Lipinski definition) is 0. The van der Waals surface area contributed by atoms with E-state index in [2.05, 4.69) is 11.1 Å². The van der Waals surface area contributed by atoms with Crippen LogP contribution in [0.4, 0.5) is 0 Å². The van der Waals surface area contributed by atoms with Crippen molar-refractivity contribution in [2.75, 3.05) is 0 Å². The summed E-state index contributed by atoms with van der Waals surface area (Å²) in [6.45, 7) is 0. The molecule has 80 valence electrons. The molecule has 1 heterocycles. The Morgan fingerprint density at radius 3 is 2.62 bits per heavy atom. The van der Waals surface area contributed by atoms with Crippen molar-refractivity contribution in [3.8, 4) is 11.3 Å². The lowest BCUT2D eigenvalue weighted by Crippen LogP contribution is -1.95. The van der Waals surface area contributed by atoms with Crippen molar-refractivity contribution in [2.45, 2.75) is 19.3 Å². The molecule has 1 saturated carbocycles. The normalized spacial score (nSPS) is 14.6. The van der Waals surface area contributed by atoms with Crippen molar-refractivity contribution in [1.82, 2.24) is 4.98 Å². The van der Waals surface area contributed by atoms with Gasteiger partial charge in [-0.3, -0.25) is 0 Å². The molecule has 1 aromatic carbocycles. The third kappa shape index (κ3) is 1.78. The molecule has 0 N–H and O–H groups in total. The van der Waals surface area contributed by atoms with Gasteiger partial charge in [0.05, 0.1) is 6.20 Å². The predicted molar refractivity (Wildman–Crippen MR) is 63.8 cm³/mol. The Bertz CT molecular complexity index is 505. The highest BCUT2D eigenvalue weighted by Gasteiger charge is 2.10. The molecule has 2 heteroatoms. The van der Waals surface area contributed by atoms with Crippen LogP contribution in [0.5, 0.6) is 0 Å². The van der Waals surface area contributed by atoms with Crippen LogP contribution in [0.25, 0.3) is 17.4 Å². The Labute approximate surface area is 94.6 Å². The highest BCUT2D eigenvalue weighted by molar-refractivity contribution is 5.57. The van der Waals surface area contributed by atoms with Gasteiger partial charge in [-0.05, 0) is 25.3 Å². The SMILES string of the molecule is C(=C1CCC1)c1ncc(-c2ccccc2)o1. The highest BCUT2D eigenvalue weighted by atomic mass is 16.4. The third-order valence-corrected chi connectivity index (χ3v) is 2.91. The average Bonchev–Trinajstić information content (AvgIpc) is 2.73. The molecule has 2 nitrogen and oxygen atoms in total. The van der Waals surface area contributed by atoms with Gasteiger partial charge >= 0.3 is 0 Å². The Kier molecular flexibility index (Phi) is 2.33. The minimum absolute atomic E-state index is 0.730. The molecule has 1 aliphatic rings. The molecule has 0 atom stereocenters. The summed E-state index contributed by atoms with van der Waals surface area (Å²) < 4.78 is 5.69. The van der Waals surface area contributed by atoms with Gasteiger partial charge in [-0.25, -0.2) is 4.98 Å². The van der Waals surface area contributed by atoms with Crippen molar-refractivity contribution in [3.05, 3.63) is 48.0 Å². The van der Waals surface area contributed by atoms with E-state index in [1.165, 1.54) is 24.8 Å². The zero-order valence-corrected chi connectivity index (χ0v) is 9.02. The van der Waals surface area contributed by atoms with Gasteiger partial charge in [0.1, 0.15) is 0 Å². The first kappa shape index (κ1) is 9.40. The smallest absolute Gasteiger partial charge is 0.219 e. The van der Waals surface area contributed by atoms with E-state index >= 15 is 0 Å². The molecule has 0 aliphatic heterocycles. The third-order valence-electron chi connectivity index (χ3n) is 2.91. The molecular weight excluding hydrogens is 198 g/mol. The number of nitrogens with zero attached hydrogens (tertiary/aromatic N) is 1. The van der Waals surface area contributed by atoms with Gasteiger partial charge in [0.2, 0.25) is 5.89 Å². The fraction of sp³-hybridized carbons (Fsp3) is 0.214. The summed E-state index contributed by atoms with van der Waals surface area (Å²) in [4.78, 5) is 4.27. The van der Waals surface area contributed by atoms with Crippen LogP contribution in [0, 0.1) is 0 Å². The Morgan fingerprint density at radius 1 is 1.12 bits per heavy atom. The van der Waals surface area contributed by atoms with E-state index in [0.717, 1.165) is 17.2 Å². The van der Waals surface area contributed by atoms with Crippen LogP contribution in [-0.2, 0) is 0 Å². The summed E-state index contributed by atoms with van der Waals surface area (Å²) in [5, 5.41) is 0. The standard InChI is InChI=1S/C14H13NO/c1-2-7-12(8-3-1)13-10-15-14(16-13)9-11-5-4-6-11/h1-3,7-10H,4-6H2. The number of hydrogen-bond acceptors (Lipinski definition) is 2. The maximum atomic E-state index is 5.69. The van der Waals surface area contributed by atoms with Gasteiger partial charge in [0.15, 0.2) is 5.76 Å². The summed E-state index contributed by atoms with van der Waals surface area (Å²) in [5.41, 5.74) is 2.52. The fourth-order valence-corrected chi connectivity index (χ4v) is 1.79. The second kappa shape index (κ2) is 3.97. The maximum absolute atomic E-state index is 5.69.